The number of urea groups is 1. The third kappa shape index (κ3) is 4.22. The molecule has 1 saturated heterocycles. The van der Waals surface area contributed by atoms with E-state index >= 15 is 0 Å². The molecule has 0 spiro atoms. The molecule has 1 fully saturated rings. The largest absolute Gasteiger partial charge is 0.454 e. The molecule has 9 heteroatoms. The molecule has 9 nitrogen and oxygen atoms in total. The van der Waals surface area contributed by atoms with Crippen molar-refractivity contribution in [3.05, 3.63) is 48.0 Å². The van der Waals surface area contributed by atoms with Crippen LogP contribution in [0, 0.1) is 11.3 Å². The predicted octanol–water partition coefficient (Wildman–Crippen LogP) is 1.18. The van der Waals surface area contributed by atoms with Crippen LogP contribution < -0.4 is 10.6 Å². The Morgan fingerprint density at radius 2 is 1.93 bits per heavy atom. The average Bonchev–Trinajstić information content (AvgIpc) is 2.96. The number of nitrogens with zero attached hydrogens (tertiary/aromatic N) is 2. The molecular formula is C21H20N4O5. The number of benzene rings is 2. The monoisotopic (exact) mass is 408 g/mol. The van der Waals surface area contributed by atoms with Crippen molar-refractivity contribution >= 4 is 34.6 Å². The van der Waals surface area contributed by atoms with Gasteiger partial charge in [-0.2, -0.15) is 5.26 Å². The van der Waals surface area contributed by atoms with Crippen LogP contribution in [0.1, 0.15) is 18.9 Å². The minimum absolute atomic E-state index is 0.134. The fourth-order valence-corrected chi connectivity index (χ4v) is 3.17. The summed E-state index contributed by atoms with van der Waals surface area (Å²) in [4.78, 5) is 49.6. The quantitative estimate of drug-likeness (QED) is 0.402. The van der Waals surface area contributed by atoms with Crippen molar-refractivity contribution in [3.63, 3.8) is 0 Å². The number of hydrogen-bond donors (Lipinski definition) is 2. The summed E-state index contributed by atoms with van der Waals surface area (Å²) in [6.07, 6.45) is 0.134. The summed E-state index contributed by atoms with van der Waals surface area (Å²) in [7, 11) is 0. The summed E-state index contributed by atoms with van der Waals surface area (Å²) in [5.74, 6) is -2.05. The normalized spacial score (nSPS) is 18.1. The molecule has 1 aliphatic heterocycles. The van der Waals surface area contributed by atoms with Gasteiger partial charge in [0, 0.05) is 6.54 Å². The average molecular weight is 408 g/mol. The fraction of sp³-hybridized carbons (Fsp3) is 0.286. The number of esters is 1. The van der Waals surface area contributed by atoms with Gasteiger partial charge in [0.25, 0.3) is 11.8 Å². The number of nitrogens with one attached hydrogen (secondary N) is 2. The molecule has 0 radical (unpaired) electrons. The zero-order valence-corrected chi connectivity index (χ0v) is 16.3. The molecule has 4 amide bonds. The van der Waals surface area contributed by atoms with Gasteiger partial charge in [-0.05, 0) is 29.3 Å². The van der Waals surface area contributed by atoms with E-state index in [1.807, 2.05) is 42.5 Å². The molecule has 1 aliphatic rings. The van der Waals surface area contributed by atoms with Gasteiger partial charge >= 0.3 is 12.0 Å². The van der Waals surface area contributed by atoms with Gasteiger partial charge in [-0.3, -0.25) is 19.3 Å². The van der Waals surface area contributed by atoms with Crippen LogP contribution in [-0.4, -0.2) is 48.4 Å². The standard InChI is InChI=1S/C21H20N4O5/c1-21(16-8-7-14-5-2-3-6-15(14)11-16)19(28)25(20(29)24-21)12-18(27)30-13-17(26)23-10-4-9-22/h2-3,5-8,11H,4,10,12-13H2,1H3,(H,23,26)(H,24,29)/t21-/m0/s1. The fourth-order valence-electron chi connectivity index (χ4n) is 3.17. The highest BCUT2D eigenvalue weighted by Gasteiger charge is 2.49. The van der Waals surface area contributed by atoms with Crippen molar-refractivity contribution in [3.8, 4) is 6.07 Å². The number of amides is 4. The zero-order chi connectivity index (χ0) is 21.7. The third-order valence-corrected chi connectivity index (χ3v) is 4.81. The maximum atomic E-state index is 12.9. The summed E-state index contributed by atoms with van der Waals surface area (Å²) < 4.78 is 4.82. The highest BCUT2D eigenvalue weighted by molar-refractivity contribution is 6.09. The highest BCUT2D eigenvalue weighted by Crippen LogP contribution is 2.30. The Morgan fingerprint density at radius 1 is 1.20 bits per heavy atom. The van der Waals surface area contributed by atoms with Gasteiger partial charge < -0.3 is 15.4 Å². The lowest BCUT2D eigenvalue weighted by Gasteiger charge is -2.22. The van der Waals surface area contributed by atoms with Crippen LogP contribution in [-0.2, 0) is 24.7 Å². The SMILES string of the molecule is C[C@@]1(c2ccc3ccccc3c2)NC(=O)N(CC(=O)OCC(=O)NCCC#N)C1=O. The lowest BCUT2D eigenvalue weighted by molar-refractivity contribution is -0.151. The molecule has 30 heavy (non-hydrogen) atoms. The second kappa shape index (κ2) is 8.61. The van der Waals surface area contributed by atoms with Gasteiger partial charge in [0.05, 0.1) is 12.5 Å². The summed E-state index contributed by atoms with van der Waals surface area (Å²) >= 11 is 0. The first-order valence-corrected chi connectivity index (χ1v) is 9.28. The van der Waals surface area contributed by atoms with Gasteiger partial charge in [0.1, 0.15) is 12.1 Å². The molecule has 154 valence electrons. The van der Waals surface area contributed by atoms with Gasteiger partial charge in [-0.15, -0.1) is 0 Å². The topological polar surface area (TPSA) is 129 Å². The Bertz CT molecular complexity index is 1060. The van der Waals surface area contributed by atoms with E-state index in [1.165, 1.54) is 0 Å². The zero-order valence-electron chi connectivity index (χ0n) is 16.3. The highest BCUT2D eigenvalue weighted by atomic mass is 16.5. The molecule has 3 rings (SSSR count). The van der Waals surface area contributed by atoms with Gasteiger partial charge in [0.2, 0.25) is 0 Å². The molecule has 0 saturated carbocycles. The van der Waals surface area contributed by atoms with E-state index in [0.29, 0.717) is 5.56 Å². The second-order valence-corrected chi connectivity index (χ2v) is 6.93. The Labute approximate surface area is 172 Å². The lowest BCUT2D eigenvalue weighted by atomic mass is 9.90. The number of rotatable bonds is 7. The summed E-state index contributed by atoms with van der Waals surface area (Å²) in [6.45, 7) is 0.546. The van der Waals surface area contributed by atoms with E-state index in [4.69, 9.17) is 10.00 Å². The Balaban J connectivity index is 1.65. The van der Waals surface area contributed by atoms with E-state index in [2.05, 4.69) is 10.6 Å². The first kappa shape index (κ1) is 20.8. The van der Waals surface area contributed by atoms with Crippen LogP contribution >= 0.6 is 0 Å². The molecule has 0 bridgehead atoms. The van der Waals surface area contributed by atoms with Crippen molar-refractivity contribution in [2.75, 3.05) is 19.7 Å². The number of hydrogen-bond acceptors (Lipinski definition) is 6. The number of ether oxygens (including phenoxy) is 1. The number of imide groups is 1. The number of carbonyl (C=O) groups is 4. The minimum Gasteiger partial charge on any atom is -0.454 e. The van der Waals surface area contributed by atoms with Crippen LogP contribution in [0.15, 0.2) is 42.5 Å². The third-order valence-electron chi connectivity index (χ3n) is 4.81. The maximum Gasteiger partial charge on any atom is 0.326 e. The lowest BCUT2D eigenvalue weighted by Crippen LogP contribution is -2.42. The van der Waals surface area contributed by atoms with E-state index in [0.717, 1.165) is 15.7 Å². The van der Waals surface area contributed by atoms with Gasteiger partial charge in [0.15, 0.2) is 6.61 Å². The molecule has 2 N–H and O–H groups in total. The molecule has 1 atom stereocenters. The summed E-state index contributed by atoms with van der Waals surface area (Å²) in [5.41, 5.74) is -0.733. The van der Waals surface area contributed by atoms with Crippen molar-refractivity contribution in [1.29, 1.82) is 5.26 Å². The molecule has 0 aromatic heterocycles. The first-order chi connectivity index (χ1) is 14.3. The van der Waals surface area contributed by atoms with Crippen molar-refractivity contribution in [2.45, 2.75) is 18.9 Å². The van der Waals surface area contributed by atoms with Crippen LogP contribution in [0.3, 0.4) is 0 Å². The number of nitriles is 1. The first-order valence-electron chi connectivity index (χ1n) is 9.28. The second-order valence-electron chi connectivity index (χ2n) is 6.93. The number of carbonyl (C=O) groups excluding carboxylic acids is 4. The van der Waals surface area contributed by atoms with E-state index in [9.17, 15) is 19.2 Å². The maximum absolute atomic E-state index is 12.9. The van der Waals surface area contributed by atoms with E-state index < -0.39 is 42.5 Å². The van der Waals surface area contributed by atoms with Gasteiger partial charge in [-0.1, -0.05) is 36.4 Å². The van der Waals surface area contributed by atoms with E-state index in [-0.39, 0.29) is 13.0 Å². The van der Waals surface area contributed by atoms with Crippen LogP contribution in [0.2, 0.25) is 0 Å². The Hall–Kier alpha value is -3.93. The van der Waals surface area contributed by atoms with Crippen molar-refractivity contribution < 1.29 is 23.9 Å². The van der Waals surface area contributed by atoms with Gasteiger partial charge in [-0.25, -0.2) is 4.79 Å². The molecule has 0 unspecified atom stereocenters. The molecule has 0 aliphatic carbocycles. The van der Waals surface area contributed by atoms with Crippen molar-refractivity contribution in [1.82, 2.24) is 15.5 Å². The minimum atomic E-state index is -1.32. The number of fused-ring (bicyclic) bond motifs is 1. The summed E-state index contributed by atoms with van der Waals surface area (Å²) in [6, 6.07) is 14.2. The Kier molecular flexibility index (Phi) is 5.97. The summed E-state index contributed by atoms with van der Waals surface area (Å²) in [5, 5.41) is 15.4. The smallest absolute Gasteiger partial charge is 0.326 e. The molecule has 2 aromatic rings. The van der Waals surface area contributed by atoms with Crippen LogP contribution in [0.4, 0.5) is 4.79 Å². The molecular weight excluding hydrogens is 388 g/mol. The predicted molar refractivity (Wildman–Crippen MR) is 106 cm³/mol. The molecule has 2 aromatic carbocycles. The van der Waals surface area contributed by atoms with Crippen LogP contribution in [0.5, 0.6) is 0 Å². The Morgan fingerprint density at radius 3 is 2.67 bits per heavy atom. The van der Waals surface area contributed by atoms with E-state index in [1.54, 1.807) is 13.0 Å². The van der Waals surface area contributed by atoms with Crippen molar-refractivity contribution in [2.24, 2.45) is 0 Å². The van der Waals surface area contributed by atoms with Crippen LogP contribution in [0.25, 0.3) is 10.8 Å². The molecule has 1 heterocycles.